The third-order valence-corrected chi connectivity index (χ3v) is 4.26. The van der Waals surface area contributed by atoms with E-state index in [1.165, 1.54) is 32.1 Å². The molecule has 1 aliphatic heterocycles. The number of hydrogen-bond donors (Lipinski definition) is 2. The Morgan fingerprint density at radius 1 is 1.20 bits per heavy atom. The third-order valence-electron chi connectivity index (χ3n) is 4.26. The van der Waals surface area contributed by atoms with Gasteiger partial charge in [0.1, 0.15) is 0 Å². The Morgan fingerprint density at radius 3 is 2.60 bits per heavy atom. The number of aliphatic hydroxyl groups is 1. The van der Waals surface area contributed by atoms with E-state index in [4.69, 9.17) is 9.84 Å². The topological polar surface area (TPSA) is 61.8 Å². The van der Waals surface area contributed by atoms with Gasteiger partial charge in [-0.2, -0.15) is 0 Å². The summed E-state index contributed by atoms with van der Waals surface area (Å²) in [7, 11) is 0. The molecule has 2 aliphatic rings. The molecule has 20 heavy (non-hydrogen) atoms. The van der Waals surface area contributed by atoms with Crippen LogP contribution in [-0.4, -0.2) is 60.9 Å². The number of carbonyl (C=O) groups excluding carboxylic acids is 1. The number of aliphatic hydroxyl groups excluding tert-OH is 1. The van der Waals surface area contributed by atoms with Crippen LogP contribution < -0.4 is 5.32 Å². The number of carbonyl (C=O) groups is 1. The molecule has 2 rings (SSSR count). The summed E-state index contributed by atoms with van der Waals surface area (Å²) in [6.45, 7) is 2.47. The van der Waals surface area contributed by atoms with Crippen LogP contribution in [0.15, 0.2) is 0 Å². The van der Waals surface area contributed by atoms with Crippen molar-refractivity contribution in [3.8, 4) is 0 Å². The fourth-order valence-corrected chi connectivity index (χ4v) is 3.11. The number of nitrogens with one attached hydrogen (secondary N) is 1. The van der Waals surface area contributed by atoms with Gasteiger partial charge in [0.05, 0.1) is 25.9 Å². The highest BCUT2D eigenvalue weighted by molar-refractivity contribution is 5.78. The van der Waals surface area contributed by atoms with Crippen molar-refractivity contribution in [2.45, 2.75) is 57.1 Å². The van der Waals surface area contributed by atoms with Crippen LogP contribution in [-0.2, 0) is 9.53 Å². The van der Waals surface area contributed by atoms with Gasteiger partial charge in [0.15, 0.2) is 0 Å². The molecule has 0 aromatic rings. The van der Waals surface area contributed by atoms with Crippen LogP contribution >= 0.6 is 0 Å². The summed E-state index contributed by atoms with van der Waals surface area (Å²) in [5.41, 5.74) is 0. The fourth-order valence-electron chi connectivity index (χ4n) is 3.11. The summed E-state index contributed by atoms with van der Waals surface area (Å²) >= 11 is 0. The molecule has 5 heteroatoms. The van der Waals surface area contributed by atoms with Crippen LogP contribution in [0.25, 0.3) is 0 Å². The second-order valence-corrected chi connectivity index (χ2v) is 6.02. The van der Waals surface area contributed by atoms with Gasteiger partial charge in [0, 0.05) is 19.1 Å². The van der Waals surface area contributed by atoms with Gasteiger partial charge in [0.2, 0.25) is 5.91 Å². The van der Waals surface area contributed by atoms with Crippen LogP contribution in [0.1, 0.15) is 44.9 Å². The van der Waals surface area contributed by atoms with E-state index in [1.807, 2.05) is 0 Å². The molecule has 1 saturated carbocycles. The molecule has 0 radical (unpaired) electrons. The van der Waals surface area contributed by atoms with Gasteiger partial charge in [-0.15, -0.1) is 0 Å². The van der Waals surface area contributed by atoms with Crippen molar-refractivity contribution in [3.05, 3.63) is 0 Å². The van der Waals surface area contributed by atoms with E-state index in [9.17, 15) is 4.79 Å². The van der Waals surface area contributed by atoms with Gasteiger partial charge in [-0.3, -0.25) is 9.69 Å². The summed E-state index contributed by atoms with van der Waals surface area (Å²) in [5.74, 6) is 0.120. The zero-order valence-corrected chi connectivity index (χ0v) is 12.4. The van der Waals surface area contributed by atoms with Gasteiger partial charge >= 0.3 is 0 Å². The van der Waals surface area contributed by atoms with E-state index in [-0.39, 0.29) is 18.6 Å². The lowest BCUT2D eigenvalue weighted by Crippen LogP contribution is -2.49. The van der Waals surface area contributed by atoms with Gasteiger partial charge in [0.25, 0.3) is 0 Å². The fraction of sp³-hybridized carbons (Fsp3) is 0.933. The highest BCUT2D eigenvalue weighted by atomic mass is 16.5. The molecule has 1 aliphatic carbocycles. The first-order valence-electron chi connectivity index (χ1n) is 8.02. The van der Waals surface area contributed by atoms with E-state index in [0.29, 0.717) is 25.7 Å². The molecule has 116 valence electrons. The predicted octanol–water partition coefficient (Wildman–Crippen LogP) is 0.909. The van der Waals surface area contributed by atoms with Crippen LogP contribution in [0.3, 0.4) is 0 Å². The first-order valence-corrected chi connectivity index (χ1v) is 8.02. The third kappa shape index (κ3) is 5.38. The quantitative estimate of drug-likeness (QED) is 0.805. The zero-order valence-electron chi connectivity index (χ0n) is 12.4. The van der Waals surface area contributed by atoms with E-state index in [2.05, 4.69) is 10.2 Å². The molecular formula is C15H28N2O3. The molecular weight excluding hydrogens is 256 g/mol. The highest BCUT2D eigenvalue weighted by Gasteiger charge is 2.22. The molecule has 2 N–H and O–H groups in total. The highest BCUT2D eigenvalue weighted by Crippen LogP contribution is 2.17. The first kappa shape index (κ1) is 15.7. The monoisotopic (exact) mass is 284 g/mol. The second kappa shape index (κ2) is 8.60. The number of amides is 1. The van der Waals surface area contributed by atoms with Gasteiger partial charge in [-0.05, 0) is 12.8 Å². The molecule has 0 bridgehead atoms. The maximum atomic E-state index is 12.1. The summed E-state index contributed by atoms with van der Waals surface area (Å²) < 4.78 is 5.40. The van der Waals surface area contributed by atoms with Gasteiger partial charge in [-0.1, -0.05) is 32.1 Å². The molecule has 1 heterocycles. The van der Waals surface area contributed by atoms with Crippen LogP contribution in [0.2, 0.25) is 0 Å². The van der Waals surface area contributed by atoms with E-state index >= 15 is 0 Å². The summed E-state index contributed by atoms with van der Waals surface area (Å²) in [6.07, 6.45) is 8.50. The summed E-state index contributed by atoms with van der Waals surface area (Å²) in [4.78, 5) is 14.2. The number of morpholine rings is 1. The Labute approximate surface area is 121 Å². The van der Waals surface area contributed by atoms with E-state index < -0.39 is 0 Å². The van der Waals surface area contributed by atoms with Crippen LogP contribution in [0.4, 0.5) is 0 Å². The Kier molecular flexibility index (Phi) is 6.76. The first-order chi connectivity index (χ1) is 9.78. The molecule has 1 saturated heterocycles. The average molecular weight is 284 g/mol. The van der Waals surface area contributed by atoms with Gasteiger partial charge < -0.3 is 15.2 Å². The molecule has 0 spiro atoms. The predicted molar refractivity (Wildman–Crippen MR) is 77.5 cm³/mol. The molecule has 0 aromatic carbocycles. The lowest BCUT2D eigenvalue weighted by molar-refractivity contribution is -0.125. The molecule has 1 atom stereocenters. The van der Waals surface area contributed by atoms with Crippen LogP contribution in [0, 0.1) is 0 Å². The second-order valence-electron chi connectivity index (χ2n) is 6.02. The maximum absolute atomic E-state index is 12.1. The molecule has 1 amide bonds. The minimum absolute atomic E-state index is 0.0285. The van der Waals surface area contributed by atoms with Crippen LogP contribution in [0.5, 0.6) is 0 Å². The lowest BCUT2D eigenvalue weighted by atomic mass is 9.97. The summed E-state index contributed by atoms with van der Waals surface area (Å²) in [6, 6.07) is 0.359. The van der Waals surface area contributed by atoms with Crippen molar-refractivity contribution in [1.82, 2.24) is 10.2 Å². The Hall–Kier alpha value is -0.650. The number of ether oxygens (including phenoxy) is 1. The minimum atomic E-state index is -0.141. The van der Waals surface area contributed by atoms with Crippen molar-refractivity contribution in [3.63, 3.8) is 0 Å². The smallest absolute Gasteiger partial charge is 0.234 e. The number of hydrogen-bond acceptors (Lipinski definition) is 4. The van der Waals surface area contributed by atoms with Gasteiger partial charge in [-0.25, -0.2) is 0 Å². The zero-order chi connectivity index (χ0) is 14.2. The molecule has 2 fully saturated rings. The summed E-state index contributed by atoms with van der Waals surface area (Å²) in [5, 5.41) is 12.3. The Morgan fingerprint density at radius 2 is 1.90 bits per heavy atom. The van der Waals surface area contributed by atoms with Crippen molar-refractivity contribution in [2.75, 3.05) is 32.8 Å². The number of nitrogens with zero attached hydrogens (tertiary/aromatic N) is 1. The van der Waals surface area contributed by atoms with Crippen molar-refractivity contribution in [2.24, 2.45) is 0 Å². The lowest BCUT2D eigenvalue weighted by Gasteiger charge is -2.32. The van der Waals surface area contributed by atoms with E-state index in [1.54, 1.807) is 0 Å². The largest absolute Gasteiger partial charge is 0.394 e. The molecule has 0 aromatic heterocycles. The number of rotatable bonds is 4. The van der Waals surface area contributed by atoms with E-state index in [0.717, 1.165) is 19.4 Å². The van der Waals surface area contributed by atoms with Crippen molar-refractivity contribution in [1.29, 1.82) is 0 Å². The standard InChI is InChI=1S/C15H28N2O3/c18-12-14-10-17(8-9-20-14)11-15(19)16-13-6-4-2-1-3-5-7-13/h13-14,18H,1-12H2,(H,16,19)/t14-/m1/s1. The Balaban J connectivity index is 1.70. The SMILES string of the molecule is O=C(CN1CCO[C@@H](CO)C1)NC1CCCCCCC1. The maximum Gasteiger partial charge on any atom is 0.234 e. The normalized spacial score (nSPS) is 26.8. The molecule has 0 unspecified atom stereocenters. The van der Waals surface area contributed by atoms with Crippen molar-refractivity contribution >= 4 is 5.91 Å². The molecule has 5 nitrogen and oxygen atoms in total. The minimum Gasteiger partial charge on any atom is -0.394 e. The average Bonchev–Trinajstić information content (AvgIpc) is 2.42. The Bertz CT molecular complexity index is 285. The van der Waals surface area contributed by atoms with Crippen molar-refractivity contribution < 1.29 is 14.6 Å².